The van der Waals surface area contributed by atoms with E-state index < -0.39 is 5.60 Å². The van der Waals surface area contributed by atoms with E-state index in [-0.39, 0.29) is 6.09 Å². The molecule has 19 heavy (non-hydrogen) atoms. The first-order valence-corrected chi connectivity index (χ1v) is 6.12. The summed E-state index contributed by atoms with van der Waals surface area (Å²) < 4.78 is 5.36. The quantitative estimate of drug-likeness (QED) is 0.576. The van der Waals surface area contributed by atoms with Gasteiger partial charge >= 0.3 is 6.09 Å². The zero-order chi connectivity index (χ0) is 14.0. The Morgan fingerprint density at radius 1 is 1.42 bits per heavy atom. The van der Waals surface area contributed by atoms with Gasteiger partial charge in [-0.25, -0.2) is 9.59 Å². The molecule has 0 aromatic heterocycles. The van der Waals surface area contributed by atoms with Crippen molar-refractivity contribution in [2.24, 2.45) is 4.99 Å². The number of hydrogen-bond acceptors (Lipinski definition) is 4. The van der Waals surface area contributed by atoms with Crippen LogP contribution in [-0.4, -0.2) is 24.3 Å². The lowest BCUT2D eigenvalue weighted by Crippen LogP contribution is -2.35. The predicted octanol–water partition coefficient (Wildman–Crippen LogP) is 2.95. The largest absolute Gasteiger partial charge is 0.443 e. The smallest absolute Gasteiger partial charge is 0.414 e. The Balaban J connectivity index is 2.30. The minimum atomic E-state index is -0.529. The second kappa shape index (κ2) is 4.86. The van der Waals surface area contributed by atoms with Gasteiger partial charge in [0.2, 0.25) is 6.08 Å². The molecule has 5 nitrogen and oxygen atoms in total. The van der Waals surface area contributed by atoms with Crippen molar-refractivity contribution in [1.82, 2.24) is 0 Å². The zero-order valence-corrected chi connectivity index (χ0v) is 11.3. The number of isocyanates is 1. The molecule has 1 aliphatic heterocycles. The molecule has 1 amide bonds. The molecule has 2 rings (SSSR count). The summed E-state index contributed by atoms with van der Waals surface area (Å²) in [6, 6.07) is 5.33. The topological polar surface area (TPSA) is 59.0 Å². The number of amides is 1. The Hall–Kier alpha value is -2.13. The number of carbonyl (C=O) groups excluding carboxylic acids is 2. The van der Waals surface area contributed by atoms with Crippen LogP contribution in [0, 0.1) is 0 Å². The lowest BCUT2D eigenvalue weighted by molar-refractivity contribution is 0.0584. The van der Waals surface area contributed by atoms with Crippen molar-refractivity contribution in [3.05, 3.63) is 23.8 Å². The molecule has 0 fully saturated rings. The fourth-order valence-electron chi connectivity index (χ4n) is 2.08. The van der Waals surface area contributed by atoms with Crippen molar-refractivity contribution in [3.8, 4) is 0 Å². The van der Waals surface area contributed by atoms with Gasteiger partial charge in [-0.2, -0.15) is 4.99 Å². The third kappa shape index (κ3) is 2.83. The van der Waals surface area contributed by atoms with Crippen molar-refractivity contribution in [1.29, 1.82) is 0 Å². The maximum absolute atomic E-state index is 12.1. The molecule has 1 aromatic rings. The first-order valence-electron chi connectivity index (χ1n) is 6.12. The van der Waals surface area contributed by atoms with Crippen molar-refractivity contribution in [3.63, 3.8) is 0 Å². The van der Waals surface area contributed by atoms with Gasteiger partial charge in [0.1, 0.15) is 5.60 Å². The summed E-state index contributed by atoms with van der Waals surface area (Å²) in [5, 5.41) is 0. The molecule has 0 bridgehead atoms. The van der Waals surface area contributed by atoms with Crippen molar-refractivity contribution in [2.45, 2.75) is 32.8 Å². The molecule has 5 heteroatoms. The van der Waals surface area contributed by atoms with Crippen molar-refractivity contribution in [2.75, 3.05) is 11.4 Å². The van der Waals surface area contributed by atoms with E-state index in [1.54, 1.807) is 17.0 Å². The molecule has 0 atom stereocenters. The van der Waals surface area contributed by atoms with Crippen LogP contribution < -0.4 is 4.90 Å². The second-order valence-corrected chi connectivity index (χ2v) is 5.36. The van der Waals surface area contributed by atoms with Gasteiger partial charge in [0.15, 0.2) is 0 Å². The summed E-state index contributed by atoms with van der Waals surface area (Å²) in [4.78, 5) is 27.7. The highest BCUT2D eigenvalue weighted by atomic mass is 16.6. The van der Waals surface area contributed by atoms with Gasteiger partial charge in [-0.1, -0.05) is 6.07 Å². The van der Waals surface area contributed by atoms with Crippen LogP contribution in [0.2, 0.25) is 0 Å². The van der Waals surface area contributed by atoms with Gasteiger partial charge in [0, 0.05) is 12.1 Å². The molecule has 0 saturated carbocycles. The monoisotopic (exact) mass is 260 g/mol. The fraction of sp³-hybridized carbons (Fsp3) is 0.429. The maximum Gasteiger partial charge on any atom is 0.414 e. The number of benzene rings is 1. The highest BCUT2D eigenvalue weighted by molar-refractivity contribution is 5.92. The number of anilines is 1. The standard InChI is InChI=1S/C14H16N2O3/c1-14(2,3)19-13(18)16-8-7-10-11(15-9-17)5-4-6-12(10)16/h4-6H,7-8H2,1-3H3. The average molecular weight is 260 g/mol. The molecule has 1 heterocycles. The summed E-state index contributed by atoms with van der Waals surface area (Å²) in [7, 11) is 0. The number of nitrogens with zero attached hydrogens (tertiary/aromatic N) is 2. The maximum atomic E-state index is 12.1. The van der Waals surface area contributed by atoms with Gasteiger partial charge < -0.3 is 4.74 Å². The van der Waals surface area contributed by atoms with Crippen LogP contribution in [-0.2, 0) is 16.0 Å². The summed E-state index contributed by atoms with van der Waals surface area (Å²) >= 11 is 0. The third-order valence-corrected chi connectivity index (χ3v) is 2.78. The van der Waals surface area contributed by atoms with Gasteiger partial charge in [-0.15, -0.1) is 0 Å². The van der Waals surface area contributed by atoms with Crippen LogP contribution in [0.15, 0.2) is 23.2 Å². The van der Waals surface area contributed by atoms with Crippen molar-refractivity contribution < 1.29 is 14.3 Å². The first kappa shape index (κ1) is 13.3. The van der Waals surface area contributed by atoms with E-state index in [0.29, 0.717) is 18.7 Å². The van der Waals surface area contributed by atoms with Gasteiger partial charge in [-0.3, -0.25) is 4.90 Å². The molecule has 100 valence electrons. The van der Waals surface area contributed by atoms with Gasteiger partial charge in [-0.05, 0) is 39.3 Å². The highest BCUT2D eigenvalue weighted by Crippen LogP contribution is 2.35. The number of hydrogen-bond donors (Lipinski definition) is 0. The van der Waals surface area contributed by atoms with E-state index >= 15 is 0 Å². The molecule has 1 aliphatic rings. The van der Waals surface area contributed by atoms with Crippen LogP contribution >= 0.6 is 0 Å². The number of aliphatic imine (C=N–C) groups is 1. The average Bonchev–Trinajstić information content (AvgIpc) is 2.72. The van der Waals surface area contributed by atoms with Gasteiger partial charge in [0.05, 0.1) is 11.4 Å². The molecule has 0 unspecified atom stereocenters. The molecule has 1 aromatic carbocycles. The summed E-state index contributed by atoms with van der Waals surface area (Å²) in [6.45, 7) is 6.02. The van der Waals surface area contributed by atoms with Crippen LogP contribution in [0.25, 0.3) is 0 Å². The van der Waals surface area contributed by atoms with Crippen LogP contribution in [0.4, 0.5) is 16.2 Å². The normalized spacial score (nSPS) is 13.7. The van der Waals surface area contributed by atoms with E-state index in [2.05, 4.69) is 4.99 Å². The summed E-state index contributed by atoms with van der Waals surface area (Å²) in [5.74, 6) is 0. The predicted molar refractivity (Wildman–Crippen MR) is 71.5 cm³/mol. The summed E-state index contributed by atoms with van der Waals surface area (Å²) in [5.41, 5.74) is 1.68. The zero-order valence-electron chi connectivity index (χ0n) is 11.3. The van der Waals surface area contributed by atoms with E-state index in [1.165, 1.54) is 6.08 Å². The van der Waals surface area contributed by atoms with Crippen LogP contribution in [0.3, 0.4) is 0 Å². The second-order valence-electron chi connectivity index (χ2n) is 5.36. The Labute approximate surface area is 111 Å². The third-order valence-electron chi connectivity index (χ3n) is 2.78. The lowest BCUT2D eigenvalue weighted by atomic mass is 10.1. The Bertz CT molecular complexity index is 554. The van der Waals surface area contributed by atoms with Crippen molar-refractivity contribution >= 4 is 23.5 Å². The molecule has 0 aliphatic carbocycles. The molecule has 0 radical (unpaired) electrons. The van der Waals surface area contributed by atoms with Crippen LogP contribution in [0.5, 0.6) is 0 Å². The van der Waals surface area contributed by atoms with E-state index in [0.717, 1.165) is 11.3 Å². The number of fused-ring (bicyclic) bond motifs is 1. The molecule has 0 saturated heterocycles. The molecule has 0 N–H and O–H groups in total. The number of carbonyl (C=O) groups is 1. The number of ether oxygens (including phenoxy) is 1. The molecular formula is C14H16N2O3. The first-order chi connectivity index (χ1) is 8.92. The fourth-order valence-corrected chi connectivity index (χ4v) is 2.08. The Kier molecular flexibility index (Phi) is 3.40. The van der Waals surface area contributed by atoms with Crippen LogP contribution in [0.1, 0.15) is 26.3 Å². The summed E-state index contributed by atoms with van der Waals surface area (Å²) in [6.07, 6.45) is 1.82. The van der Waals surface area contributed by atoms with Gasteiger partial charge in [0.25, 0.3) is 0 Å². The number of rotatable bonds is 1. The van der Waals surface area contributed by atoms with E-state index in [1.807, 2.05) is 26.8 Å². The SMILES string of the molecule is CC(C)(C)OC(=O)N1CCc2c(N=C=O)cccc21. The highest BCUT2D eigenvalue weighted by Gasteiger charge is 2.30. The minimum absolute atomic E-state index is 0.376. The molecular weight excluding hydrogens is 244 g/mol. The van der Waals surface area contributed by atoms with E-state index in [9.17, 15) is 9.59 Å². The Morgan fingerprint density at radius 2 is 2.16 bits per heavy atom. The minimum Gasteiger partial charge on any atom is -0.443 e. The Morgan fingerprint density at radius 3 is 2.79 bits per heavy atom. The van der Waals surface area contributed by atoms with E-state index in [4.69, 9.17) is 4.74 Å². The lowest BCUT2D eigenvalue weighted by Gasteiger charge is -2.24. The molecule has 0 spiro atoms.